The van der Waals surface area contributed by atoms with Crippen LogP contribution in [-0.2, 0) is 12.8 Å². The van der Waals surface area contributed by atoms with Crippen LogP contribution in [0.5, 0.6) is 0 Å². The van der Waals surface area contributed by atoms with Gasteiger partial charge in [-0.15, -0.1) is 0 Å². The Morgan fingerprint density at radius 3 is 2.42 bits per heavy atom. The molecular weight excluding hydrogens is 262 g/mol. The van der Waals surface area contributed by atoms with E-state index >= 15 is 0 Å². The highest BCUT2D eigenvalue weighted by Gasteiger charge is 2.34. The van der Waals surface area contributed by atoms with Crippen LogP contribution in [0.3, 0.4) is 0 Å². The summed E-state index contributed by atoms with van der Waals surface area (Å²) < 4.78 is 52.4. The van der Waals surface area contributed by atoms with Gasteiger partial charge in [-0.2, -0.15) is 17.6 Å². The Hall–Kier alpha value is -1.95. The Bertz CT molecular complexity index is 595. The van der Waals surface area contributed by atoms with Gasteiger partial charge in [0.25, 0.3) is 0 Å². The van der Waals surface area contributed by atoms with Gasteiger partial charge in [-0.25, -0.2) is 4.98 Å². The lowest BCUT2D eigenvalue weighted by atomic mass is 9.97. The van der Waals surface area contributed by atoms with Crippen molar-refractivity contribution in [2.45, 2.75) is 12.8 Å². The standard InChI is InChI=1S/C13H9F4NO/c14-12-11(8(7-19)5-6-18-12)9-3-1-2-4-10(9)13(15,16)17/h1-6,19H,7H2. The van der Waals surface area contributed by atoms with Crippen molar-refractivity contribution in [3.63, 3.8) is 0 Å². The molecule has 1 aromatic carbocycles. The molecule has 2 nitrogen and oxygen atoms in total. The summed E-state index contributed by atoms with van der Waals surface area (Å²) in [7, 11) is 0. The quantitative estimate of drug-likeness (QED) is 0.670. The van der Waals surface area contributed by atoms with Crippen LogP contribution in [0.2, 0.25) is 0 Å². The largest absolute Gasteiger partial charge is 0.417 e. The van der Waals surface area contributed by atoms with Gasteiger partial charge in [-0.3, -0.25) is 0 Å². The number of aromatic nitrogens is 1. The maximum Gasteiger partial charge on any atom is 0.417 e. The Kier molecular flexibility index (Phi) is 3.53. The van der Waals surface area contributed by atoms with Gasteiger partial charge in [0.05, 0.1) is 12.2 Å². The van der Waals surface area contributed by atoms with Gasteiger partial charge in [-0.05, 0) is 23.3 Å². The molecule has 0 atom stereocenters. The third-order valence-corrected chi connectivity index (χ3v) is 2.66. The van der Waals surface area contributed by atoms with Gasteiger partial charge in [-0.1, -0.05) is 18.2 Å². The third-order valence-electron chi connectivity index (χ3n) is 2.66. The highest BCUT2D eigenvalue weighted by molar-refractivity contribution is 5.71. The molecule has 0 spiro atoms. The van der Waals surface area contributed by atoms with Gasteiger partial charge < -0.3 is 5.11 Å². The lowest BCUT2D eigenvalue weighted by Crippen LogP contribution is -2.08. The van der Waals surface area contributed by atoms with Crippen LogP contribution in [-0.4, -0.2) is 10.1 Å². The average Bonchev–Trinajstić information content (AvgIpc) is 2.37. The first-order valence-corrected chi connectivity index (χ1v) is 5.36. The van der Waals surface area contributed by atoms with Crippen LogP contribution < -0.4 is 0 Å². The molecule has 2 aromatic rings. The number of aliphatic hydroxyl groups is 1. The number of nitrogens with zero attached hydrogens (tertiary/aromatic N) is 1. The monoisotopic (exact) mass is 271 g/mol. The van der Waals surface area contributed by atoms with Crippen LogP contribution in [0.1, 0.15) is 11.1 Å². The minimum atomic E-state index is -4.61. The number of hydrogen-bond donors (Lipinski definition) is 1. The second-order valence-corrected chi connectivity index (χ2v) is 3.84. The van der Waals surface area contributed by atoms with Crippen LogP contribution >= 0.6 is 0 Å². The van der Waals surface area contributed by atoms with E-state index in [0.717, 1.165) is 18.3 Å². The van der Waals surface area contributed by atoms with Crippen molar-refractivity contribution in [2.75, 3.05) is 0 Å². The van der Waals surface area contributed by atoms with Gasteiger partial charge >= 0.3 is 6.18 Å². The second-order valence-electron chi connectivity index (χ2n) is 3.84. The van der Waals surface area contributed by atoms with E-state index in [9.17, 15) is 17.6 Å². The van der Waals surface area contributed by atoms with E-state index in [1.54, 1.807) is 0 Å². The maximum atomic E-state index is 13.7. The van der Waals surface area contributed by atoms with Crippen LogP contribution in [0.4, 0.5) is 17.6 Å². The van der Waals surface area contributed by atoms with Crippen LogP contribution in [0.25, 0.3) is 11.1 Å². The fourth-order valence-electron chi connectivity index (χ4n) is 1.84. The van der Waals surface area contributed by atoms with Crippen molar-refractivity contribution in [1.29, 1.82) is 0 Å². The molecule has 0 aliphatic carbocycles. The number of hydrogen-bond acceptors (Lipinski definition) is 2. The molecule has 0 saturated heterocycles. The maximum absolute atomic E-state index is 13.7. The summed E-state index contributed by atoms with van der Waals surface area (Å²) in [6.45, 7) is -0.568. The molecule has 1 N–H and O–H groups in total. The highest BCUT2D eigenvalue weighted by atomic mass is 19.4. The third kappa shape index (κ3) is 2.58. The minimum absolute atomic E-state index is 0.0594. The molecular formula is C13H9F4NO. The number of benzene rings is 1. The number of rotatable bonds is 2. The Labute approximate surface area is 106 Å². The number of aliphatic hydroxyl groups excluding tert-OH is 1. The second kappa shape index (κ2) is 4.97. The molecule has 0 aliphatic heterocycles. The molecule has 0 amide bonds. The summed E-state index contributed by atoms with van der Waals surface area (Å²) in [5.74, 6) is -1.04. The molecule has 0 fully saturated rings. The summed E-state index contributed by atoms with van der Waals surface area (Å²) in [6, 6.07) is 5.90. The summed E-state index contributed by atoms with van der Waals surface area (Å²) >= 11 is 0. The SMILES string of the molecule is OCc1ccnc(F)c1-c1ccccc1C(F)(F)F. The number of halogens is 4. The van der Waals surface area contributed by atoms with Gasteiger partial charge in [0.2, 0.25) is 5.95 Å². The Morgan fingerprint density at radius 2 is 1.79 bits per heavy atom. The summed E-state index contributed by atoms with van der Waals surface area (Å²) in [5.41, 5.74) is -1.55. The van der Waals surface area contributed by atoms with Gasteiger partial charge in [0.15, 0.2) is 0 Å². The molecule has 0 bridgehead atoms. The lowest BCUT2D eigenvalue weighted by molar-refractivity contribution is -0.137. The Morgan fingerprint density at radius 1 is 1.11 bits per heavy atom. The van der Waals surface area contributed by atoms with Crippen molar-refractivity contribution in [1.82, 2.24) is 4.98 Å². The van der Waals surface area contributed by atoms with E-state index in [-0.39, 0.29) is 16.7 Å². The van der Waals surface area contributed by atoms with E-state index in [1.807, 2.05) is 0 Å². The predicted octanol–water partition coefficient (Wildman–Crippen LogP) is 3.40. The lowest BCUT2D eigenvalue weighted by Gasteiger charge is -2.15. The van der Waals surface area contributed by atoms with Crippen molar-refractivity contribution < 1.29 is 22.7 Å². The van der Waals surface area contributed by atoms with Crippen LogP contribution in [0, 0.1) is 5.95 Å². The van der Waals surface area contributed by atoms with Crippen LogP contribution in [0.15, 0.2) is 36.5 Å². The zero-order valence-electron chi connectivity index (χ0n) is 9.58. The molecule has 6 heteroatoms. The smallest absolute Gasteiger partial charge is 0.392 e. The van der Waals surface area contributed by atoms with Gasteiger partial charge in [0, 0.05) is 11.8 Å². The molecule has 19 heavy (non-hydrogen) atoms. The van der Waals surface area contributed by atoms with E-state index in [2.05, 4.69) is 4.98 Å². The zero-order chi connectivity index (χ0) is 14.0. The molecule has 0 aliphatic rings. The predicted molar refractivity (Wildman–Crippen MR) is 60.6 cm³/mol. The summed E-state index contributed by atoms with van der Waals surface area (Å²) in [6.07, 6.45) is -3.51. The molecule has 0 radical (unpaired) electrons. The summed E-state index contributed by atoms with van der Waals surface area (Å²) in [5, 5.41) is 9.12. The van der Waals surface area contributed by atoms with Crippen molar-refractivity contribution >= 4 is 0 Å². The molecule has 100 valence electrons. The fraction of sp³-hybridized carbons (Fsp3) is 0.154. The molecule has 2 rings (SSSR count). The molecule has 0 saturated carbocycles. The highest BCUT2D eigenvalue weighted by Crippen LogP contribution is 2.38. The van der Waals surface area contributed by atoms with E-state index < -0.39 is 24.3 Å². The van der Waals surface area contributed by atoms with Crippen molar-refractivity contribution in [3.8, 4) is 11.1 Å². The first-order valence-electron chi connectivity index (χ1n) is 5.36. The normalized spacial score (nSPS) is 11.6. The van der Waals surface area contributed by atoms with Crippen molar-refractivity contribution in [3.05, 3.63) is 53.6 Å². The fourth-order valence-corrected chi connectivity index (χ4v) is 1.84. The summed E-state index contributed by atoms with van der Waals surface area (Å²) in [4.78, 5) is 3.34. The number of alkyl halides is 3. The van der Waals surface area contributed by atoms with E-state index in [1.165, 1.54) is 18.2 Å². The topological polar surface area (TPSA) is 33.1 Å². The molecule has 1 heterocycles. The number of pyridine rings is 1. The molecule has 0 unspecified atom stereocenters. The average molecular weight is 271 g/mol. The Balaban J connectivity index is 2.73. The van der Waals surface area contributed by atoms with Gasteiger partial charge in [0.1, 0.15) is 0 Å². The van der Waals surface area contributed by atoms with E-state index in [4.69, 9.17) is 5.11 Å². The first kappa shape index (κ1) is 13.5. The zero-order valence-corrected chi connectivity index (χ0v) is 9.58. The van der Waals surface area contributed by atoms with Crippen molar-refractivity contribution in [2.24, 2.45) is 0 Å². The molecule has 1 aromatic heterocycles. The minimum Gasteiger partial charge on any atom is -0.392 e. The van der Waals surface area contributed by atoms with E-state index in [0.29, 0.717) is 0 Å². The first-order chi connectivity index (χ1) is 8.95.